The van der Waals surface area contributed by atoms with Gasteiger partial charge in [0.15, 0.2) is 0 Å². The van der Waals surface area contributed by atoms with Crippen LogP contribution in [-0.2, 0) is 0 Å². The van der Waals surface area contributed by atoms with Gasteiger partial charge in [-0.3, -0.25) is 9.78 Å². The molecule has 0 aliphatic carbocycles. The number of carbonyl (C=O) groups excluding carboxylic acids is 1. The molecule has 0 atom stereocenters. The normalized spacial score (nSPS) is 10.9. The van der Waals surface area contributed by atoms with Crippen molar-refractivity contribution < 1.29 is 4.79 Å². The van der Waals surface area contributed by atoms with Gasteiger partial charge in [0.2, 0.25) is 5.78 Å². The number of hydrogen-bond acceptors (Lipinski definition) is 5. The number of nitrogen functional groups attached to an aromatic ring is 1. The Balaban J connectivity index is 1.95. The molecule has 3 heterocycles. The molecule has 4 rings (SSSR count). The minimum atomic E-state index is -0.0733. The van der Waals surface area contributed by atoms with E-state index < -0.39 is 0 Å². The number of nitrogens with two attached hydrogens (primary N) is 1. The zero-order valence-electron chi connectivity index (χ0n) is 13.6. The lowest BCUT2D eigenvalue weighted by Crippen LogP contribution is -2.01. The number of fused-ring (bicyclic) bond motifs is 1. The number of hydrogen-bond donors (Lipinski definition) is 1. The molecule has 4 aromatic rings. The lowest BCUT2D eigenvalue weighted by atomic mass is 10.0. The van der Waals surface area contributed by atoms with Crippen LogP contribution in [0.25, 0.3) is 21.3 Å². The molecule has 0 bridgehead atoms. The standard InChI is InChI=1S/C20H15N3OS/c1-12-10-15(14-8-5-9-22-11-14)16-17(21)19(25-20(16)23-12)18(24)13-6-3-2-4-7-13/h2-11H,21H2,1H3. The van der Waals surface area contributed by atoms with Crippen LogP contribution in [-0.4, -0.2) is 15.8 Å². The number of rotatable bonds is 3. The van der Waals surface area contributed by atoms with Gasteiger partial charge in [0.25, 0.3) is 0 Å². The second-order valence-corrected chi connectivity index (χ2v) is 6.77. The van der Waals surface area contributed by atoms with E-state index in [-0.39, 0.29) is 5.78 Å². The van der Waals surface area contributed by atoms with Crippen molar-refractivity contribution in [1.29, 1.82) is 0 Å². The van der Waals surface area contributed by atoms with E-state index in [4.69, 9.17) is 5.73 Å². The molecule has 3 aromatic heterocycles. The number of nitrogens with zero attached hydrogens (tertiary/aromatic N) is 2. The highest BCUT2D eigenvalue weighted by molar-refractivity contribution is 7.21. The highest BCUT2D eigenvalue weighted by Gasteiger charge is 2.21. The lowest BCUT2D eigenvalue weighted by molar-refractivity contribution is 0.104. The fourth-order valence-electron chi connectivity index (χ4n) is 2.88. The molecule has 5 heteroatoms. The first-order chi connectivity index (χ1) is 12.1. The molecular weight excluding hydrogens is 330 g/mol. The van der Waals surface area contributed by atoms with Gasteiger partial charge in [-0.05, 0) is 24.6 Å². The van der Waals surface area contributed by atoms with Crippen LogP contribution in [0.1, 0.15) is 20.9 Å². The molecule has 0 spiro atoms. The highest BCUT2D eigenvalue weighted by Crippen LogP contribution is 2.40. The average Bonchev–Trinajstić information content (AvgIpc) is 2.98. The third-order valence-corrected chi connectivity index (χ3v) is 5.14. The first kappa shape index (κ1) is 15.5. The van der Waals surface area contributed by atoms with Crippen molar-refractivity contribution in [2.45, 2.75) is 6.92 Å². The summed E-state index contributed by atoms with van der Waals surface area (Å²) in [6, 6.07) is 15.0. The van der Waals surface area contributed by atoms with Gasteiger partial charge in [0.1, 0.15) is 9.71 Å². The van der Waals surface area contributed by atoms with Gasteiger partial charge < -0.3 is 5.73 Å². The molecule has 2 N–H and O–H groups in total. The number of aryl methyl sites for hydroxylation is 1. The Morgan fingerprint density at radius 2 is 1.92 bits per heavy atom. The Bertz CT molecular complexity index is 1070. The van der Waals surface area contributed by atoms with Crippen LogP contribution in [0, 0.1) is 6.92 Å². The maximum absolute atomic E-state index is 12.9. The Labute approximate surface area is 149 Å². The molecule has 0 aliphatic rings. The van der Waals surface area contributed by atoms with Gasteiger partial charge in [0, 0.05) is 34.6 Å². The van der Waals surface area contributed by atoms with Crippen LogP contribution in [0.4, 0.5) is 5.69 Å². The molecule has 0 amide bonds. The molecule has 4 nitrogen and oxygen atoms in total. The van der Waals surface area contributed by atoms with Gasteiger partial charge >= 0.3 is 0 Å². The molecule has 1 aromatic carbocycles. The molecule has 0 saturated carbocycles. The van der Waals surface area contributed by atoms with Crippen molar-refractivity contribution in [2.24, 2.45) is 0 Å². The predicted octanol–water partition coefficient (Wildman–Crippen LogP) is 4.48. The summed E-state index contributed by atoms with van der Waals surface area (Å²) in [6.45, 7) is 1.94. The fraction of sp³-hybridized carbons (Fsp3) is 0.0500. The second kappa shape index (κ2) is 6.11. The summed E-state index contributed by atoms with van der Waals surface area (Å²) in [6.07, 6.45) is 3.53. The second-order valence-electron chi connectivity index (χ2n) is 5.77. The van der Waals surface area contributed by atoms with Crippen molar-refractivity contribution in [3.63, 3.8) is 0 Å². The third kappa shape index (κ3) is 2.68. The molecule has 25 heavy (non-hydrogen) atoms. The molecule has 0 fully saturated rings. The molecule has 0 aliphatic heterocycles. The van der Waals surface area contributed by atoms with E-state index in [1.54, 1.807) is 24.5 Å². The zero-order valence-corrected chi connectivity index (χ0v) is 14.4. The minimum absolute atomic E-state index is 0.0733. The van der Waals surface area contributed by atoms with Gasteiger partial charge in [-0.1, -0.05) is 36.4 Å². The quantitative estimate of drug-likeness (QED) is 0.556. The fourth-order valence-corrected chi connectivity index (χ4v) is 4.01. The van der Waals surface area contributed by atoms with E-state index in [1.807, 2.05) is 43.3 Å². The summed E-state index contributed by atoms with van der Waals surface area (Å²) in [5.74, 6) is -0.0733. The number of benzene rings is 1. The largest absolute Gasteiger partial charge is 0.397 e. The van der Waals surface area contributed by atoms with E-state index in [9.17, 15) is 4.79 Å². The first-order valence-electron chi connectivity index (χ1n) is 7.85. The number of ketones is 1. The van der Waals surface area contributed by atoms with E-state index >= 15 is 0 Å². The Kier molecular flexibility index (Phi) is 3.78. The van der Waals surface area contributed by atoms with E-state index in [0.717, 1.165) is 27.0 Å². The van der Waals surface area contributed by atoms with E-state index in [0.29, 0.717) is 16.1 Å². The van der Waals surface area contributed by atoms with Crippen LogP contribution in [0.3, 0.4) is 0 Å². The number of carbonyl (C=O) groups is 1. The van der Waals surface area contributed by atoms with Crippen LogP contribution >= 0.6 is 11.3 Å². The number of aromatic nitrogens is 2. The summed E-state index contributed by atoms with van der Waals surface area (Å²) in [5, 5.41) is 0.822. The highest BCUT2D eigenvalue weighted by atomic mass is 32.1. The van der Waals surface area contributed by atoms with Crippen molar-refractivity contribution in [3.8, 4) is 11.1 Å². The summed E-state index contributed by atoms with van der Waals surface area (Å²) >= 11 is 1.34. The molecule has 122 valence electrons. The number of anilines is 1. The predicted molar refractivity (Wildman–Crippen MR) is 102 cm³/mol. The Hall–Kier alpha value is -3.05. The van der Waals surface area contributed by atoms with Gasteiger partial charge in [-0.2, -0.15) is 0 Å². The molecule has 0 saturated heterocycles. The maximum Gasteiger partial charge on any atom is 0.205 e. The van der Waals surface area contributed by atoms with E-state index in [1.165, 1.54) is 11.3 Å². The monoisotopic (exact) mass is 345 g/mol. The van der Waals surface area contributed by atoms with Crippen molar-refractivity contribution in [2.75, 3.05) is 5.73 Å². The van der Waals surface area contributed by atoms with Crippen LogP contribution in [0.2, 0.25) is 0 Å². The molecule has 0 radical (unpaired) electrons. The molecule has 0 unspecified atom stereocenters. The van der Waals surface area contributed by atoms with Crippen molar-refractivity contribution in [1.82, 2.24) is 9.97 Å². The topological polar surface area (TPSA) is 68.9 Å². The summed E-state index contributed by atoms with van der Waals surface area (Å²) in [4.78, 5) is 22.9. The van der Waals surface area contributed by atoms with Crippen molar-refractivity contribution in [3.05, 3.63) is 77.1 Å². The maximum atomic E-state index is 12.9. The van der Waals surface area contributed by atoms with Crippen LogP contribution in [0.15, 0.2) is 60.9 Å². The van der Waals surface area contributed by atoms with Gasteiger partial charge in [-0.25, -0.2) is 4.98 Å². The number of thiophene rings is 1. The van der Waals surface area contributed by atoms with E-state index in [2.05, 4.69) is 9.97 Å². The molecular formula is C20H15N3OS. The summed E-state index contributed by atoms with van der Waals surface area (Å²) in [7, 11) is 0. The van der Waals surface area contributed by atoms with Gasteiger partial charge in [0.05, 0.1) is 5.69 Å². The average molecular weight is 345 g/mol. The third-order valence-electron chi connectivity index (χ3n) is 4.04. The summed E-state index contributed by atoms with van der Waals surface area (Å²) < 4.78 is 0. The zero-order chi connectivity index (χ0) is 17.4. The first-order valence-corrected chi connectivity index (χ1v) is 8.66. The SMILES string of the molecule is Cc1cc(-c2cccnc2)c2c(N)c(C(=O)c3ccccc3)sc2n1. The van der Waals surface area contributed by atoms with Crippen LogP contribution < -0.4 is 5.73 Å². The Morgan fingerprint density at radius 3 is 2.64 bits per heavy atom. The lowest BCUT2D eigenvalue weighted by Gasteiger charge is -2.06. The summed E-state index contributed by atoms with van der Waals surface area (Å²) in [5.41, 5.74) is 10.3. The van der Waals surface area contributed by atoms with Gasteiger partial charge in [-0.15, -0.1) is 11.3 Å². The van der Waals surface area contributed by atoms with Crippen molar-refractivity contribution >= 4 is 33.0 Å². The smallest absolute Gasteiger partial charge is 0.205 e. The van der Waals surface area contributed by atoms with Crippen LogP contribution in [0.5, 0.6) is 0 Å². The number of pyridine rings is 2. The Morgan fingerprint density at radius 1 is 1.12 bits per heavy atom. The minimum Gasteiger partial charge on any atom is -0.397 e.